The molecule has 1 saturated heterocycles. The molecule has 0 saturated carbocycles. The molecule has 0 bridgehead atoms. The highest BCUT2D eigenvalue weighted by Crippen LogP contribution is 2.19. The molecule has 100 valence electrons. The fourth-order valence-corrected chi connectivity index (χ4v) is 2.79. The van der Waals surface area contributed by atoms with Gasteiger partial charge in [0, 0.05) is 30.6 Å². The molecule has 4 nitrogen and oxygen atoms in total. The summed E-state index contributed by atoms with van der Waals surface area (Å²) in [5, 5.41) is 4.43. The highest BCUT2D eigenvalue weighted by atomic mass is 16.4. The molecule has 19 heavy (non-hydrogen) atoms. The monoisotopic (exact) mass is 258 g/mol. The van der Waals surface area contributed by atoms with Crippen molar-refractivity contribution >= 4 is 16.7 Å². The Kier molecular flexibility index (Phi) is 3.03. The molecule has 1 aromatic carbocycles. The Bertz CT molecular complexity index is 640. The minimum Gasteiger partial charge on any atom is -0.421 e. The highest BCUT2D eigenvalue weighted by Gasteiger charge is 2.23. The Labute approximate surface area is 112 Å². The SMILES string of the molecule is C[C@@H]1CN(c2cc3ccccc3oc2=O)C[C@H](C)N1. The van der Waals surface area contributed by atoms with Crippen LogP contribution >= 0.6 is 0 Å². The van der Waals surface area contributed by atoms with E-state index in [9.17, 15) is 4.79 Å². The summed E-state index contributed by atoms with van der Waals surface area (Å²) in [6.07, 6.45) is 0. The van der Waals surface area contributed by atoms with Gasteiger partial charge in [-0.05, 0) is 26.0 Å². The van der Waals surface area contributed by atoms with Gasteiger partial charge in [-0.25, -0.2) is 4.79 Å². The fraction of sp³-hybridized carbons (Fsp3) is 0.400. The van der Waals surface area contributed by atoms with E-state index < -0.39 is 0 Å². The van der Waals surface area contributed by atoms with Gasteiger partial charge in [-0.3, -0.25) is 0 Å². The van der Waals surface area contributed by atoms with Crippen LogP contribution in [-0.2, 0) is 0 Å². The van der Waals surface area contributed by atoms with Crippen LogP contribution in [0.3, 0.4) is 0 Å². The zero-order chi connectivity index (χ0) is 13.4. The summed E-state index contributed by atoms with van der Waals surface area (Å²) in [4.78, 5) is 14.2. The third-order valence-corrected chi connectivity index (χ3v) is 3.52. The number of hydrogen-bond acceptors (Lipinski definition) is 4. The normalized spacial score (nSPS) is 23.8. The summed E-state index contributed by atoms with van der Waals surface area (Å²) in [6.45, 7) is 5.91. The first-order chi connectivity index (χ1) is 9.13. The Morgan fingerprint density at radius 3 is 2.63 bits per heavy atom. The van der Waals surface area contributed by atoms with Crippen LogP contribution < -0.4 is 15.8 Å². The number of fused-ring (bicyclic) bond motifs is 1. The average Bonchev–Trinajstić information content (AvgIpc) is 2.36. The lowest BCUT2D eigenvalue weighted by Gasteiger charge is -2.36. The summed E-state index contributed by atoms with van der Waals surface area (Å²) in [5.74, 6) is 0. The van der Waals surface area contributed by atoms with Crippen LogP contribution in [0.25, 0.3) is 11.0 Å². The Hall–Kier alpha value is -1.81. The third kappa shape index (κ3) is 2.36. The summed E-state index contributed by atoms with van der Waals surface area (Å²) >= 11 is 0. The number of anilines is 1. The van der Waals surface area contributed by atoms with Crippen LogP contribution in [-0.4, -0.2) is 25.2 Å². The van der Waals surface area contributed by atoms with E-state index in [4.69, 9.17) is 4.42 Å². The Balaban J connectivity index is 2.04. The van der Waals surface area contributed by atoms with E-state index in [2.05, 4.69) is 24.1 Å². The minimum absolute atomic E-state index is 0.250. The van der Waals surface area contributed by atoms with Crippen molar-refractivity contribution in [2.45, 2.75) is 25.9 Å². The average molecular weight is 258 g/mol. The van der Waals surface area contributed by atoms with Crippen molar-refractivity contribution in [2.75, 3.05) is 18.0 Å². The van der Waals surface area contributed by atoms with Crippen LogP contribution in [0.5, 0.6) is 0 Å². The molecular weight excluding hydrogens is 240 g/mol. The van der Waals surface area contributed by atoms with Gasteiger partial charge in [0.2, 0.25) is 0 Å². The van der Waals surface area contributed by atoms with Gasteiger partial charge in [0.1, 0.15) is 11.3 Å². The molecule has 1 aliphatic rings. The molecule has 0 amide bonds. The number of benzene rings is 1. The number of nitrogens with one attached hydrogen (secondary N) is 1. The number of para-hydroxylation sites is 1. The molecule has 1 N–H and O–H groups in total. The maximum atomic E-state index is 12.1. The topological polar surface area (TPSA) is 45.5 Å². The quantitative estimate of drug-likeness (QED) is 0.794. The molecule has 1 aromatic heterocycles. The summed E-state index contributed by atoms with van der Waals surface area (Å²) in [5.41, 5.74) is 1.06. The van der Waals surface area contributed by atoms with E-state index in [1.54, 1.807) is 0 Å². The summed E-state index contributed by atoms with van der Waals surface area (Å²) in [7, 11) is 0. The second-order valence-corrected chi connectivity index (χ2v) is 5.33. The predicted octanol–water partition coefficient (Wildman–Crippen LogP) is 1.98. The van der Waals surface area contributed by atoms with E-state index in [0.29, 0.717) is 23.4 Å². The molecule has 2 atom stereocenters. The van der Waals surface area contributed by atoms with Crippen LogP contribution in [0.15, 0.2) is 39.5 Å². The predicted molar refractivity (Wildman–Crippen MR) is 76.8 cm³/mol. The number of hydrogen-bond donors (Lipinski definition) is 1. The Morgan fingerprint density at radius 2 is 1.89 bits per heavy atom. The number of nitrogens with zero attached hydrogens (tertiary/aromatic N) is 1. The molecule has 3 rings (SSSR count). The first-order valence-electron chi connectivity index (χ1n) is 6.67. The molecule has 0 radical (unpaired) electrons. The van der Waals surface area contributed by atoms with Crippen LogP contribution in [0.4, 0.5) is 5.69 Å². The minimum atomic E-state index is -0.250. The first-order valence-corrected chi connectivity index (χ1v) is 6.67. The number of rotatable bonds is 1. The van der Waals surface area contributed by atoms with Gasteiger partial charge in [0.15, 0.2) is 0 Å². The second-order valence-electron chi connectivity index (χ2n) is 5.33. The van der Waals surface area contributed by atoms with E-state index in [-0.39, 0.29) is 5.63 Å². The molecule has 2 aromatic rings. The van der Waals surface area contributed by atoms with Gasteiger partial charge in [-0.2, -0.15) is 0 Å². The molecule has 2 heterocycles. The third-order valence-electron chi connectivity index (χ3n) is 3.52. The molecule has 0 unspecified atom stereocenters. The largest absolute Gasteiger partial charge is 0.421 e. The molecule has 4 heteroatoms. The van der Waals surface area contributed by atoms with Gasteiger partial charge in [-0.1, -0.05) is 18.2 Å². The zero-order valence-electron chi connectivity index (χ0n) is 11.2. The Morgan fingerprint density at radius 1 is 1.21 bits per heavy atom. The molecule has 0 aliphatic carbocycles. The van der Waals surface area contributed by atoms with Gasteiger partial charge in [0.05, 0.1) is 0 Å². The van der Waals surface area contributed by atoms with Crippen LogP contribution in [0, 0.1) is 0 Å². The second kappa shape index (κ2) is 4.70. The smallest absolute Gasteiger partial charge is 0.360 e. The summed E-state index contributed by atoms with van der Waals surface area (Å²) < 4.78 is 5.40. The van der Waals surface area contributed by atoms with Crippen molar-refractivity contribution in [3.63, 3.8) is 0 Å². The van der Waals surface area contributed by atoms with Crippen molar-refractivity contribution in [3.05, 3.63) is 40.8 Å². The zero-order valence-corrected chi connectivity index (χ0v) is 11.2. The van der Waals surface area contributed by atoms with E-state index >= 15 is 0 Å². The lowest BCUT2D eigenvalue weighted by molar-refractivity contribution is 0.403. The van der Waals surface area contributed by atoms with Crippen molar-refractivity contribution in [1.29, 1.82) is 0 Å². The lowest BCUT2D eigenvalue weighted by Crippen LogP contribution is -2.55. The maximum Gasteiger partial charge on any atom is 0.360 e. The molecule has 1 fully saturated rings. The van der Waals surface area contributed by atoms with Gasteiger partial charge >= 0.3 is 5.63 Å². The maximum absolute atomic E-state index is 12.1. The molecule has 1 aliphatic heterocycles. The van der Waals surface area contributed by atoms with Crippen LogP contribution in [0.2, 0.25) is 0 Å². The number of piperazine rings is 1. The van der Waals surface area contributed by atoms with Crippen molar-refractivity contribution in [3.8, 4) is 0 Å². The molecule has 0 spiro atoms. The van der Waals surface area contributed by atoms with Gasteiger partial charge in [0.25, 0.3) is 0 Å². The highest BCUT2D eigenvalue weighted by molar-refractivity contribution is 5.79. The fourth-order valence-electron chi connectivity index (χ4n) is 2.79. The van der Waals surface area contributed by atoms with E-state index in [1.165, 1.54) is 0 Å². The van der Waals surface area contributed by atoms with Crippen molar-refractivity contribution in [1.82, 2.24) is 5.32 Å². The van der Waals surface area contributed by atoms with Gasteiger partial charge < -0.3 is 14.6 Å². The van der Waals surface area contributed by atoms with Crippen molar-refractivity contribution in [2.24, 2.45) is 0 Å². The van der Waals surface area contributed by atoms with Crippen molar-refractivity contribution < 1.29 is 4.42 Å². The summed E-state index contributed by atoms with van der Waals surface area (Å²) in [6, 6.07) is 10.3. The lowest BCUT2D eigenvalue weighted by atomic mass is 10.1. The standard InChI is InChI=1S/C15H18N2O2/c1-10-8-17(9-11(2)16-10)13-7-12-5-3-4-6-14(12)19-15(13)18/h3-7,10-11,16H,8-9H2,1-2H3/t10-,11+. The van der Waals surface area contributed by atoms with E-state index in [1.807, 2.05) is 30.3 Å². The van der Waals surface area contributed by atoms with E-state index in [0.717, 1.165) is 18.5 Å². The van der Waals surface area contributed by atoms with Gasteiger partial charge in [-0.15, -0.1) is 0 Å². The first kappa shape index (κ1) is 12.2. The molecular formula is C15H18N2O2. The van der Waals surface area contributed by atoms with Crippen LogP contribution in [0.1, 0.15) is 13.8 Å².